The van der Waals surface area contributed by atoms with Crippen LogP contribution in [0.5, 0.6) is 5.75 Å². The van der Waals surface area contributed by atoms with Crippen LogP contribution in [-0.2, 0) is 0 Å². The van der Waals surface area contributed by atoms with E-state index in [1.165, 1.54) is 17.4 Å². The number of hydrogen-bond donors (Lipinski definition) is 1. The minimum Gasteiger partial charge on any atom is -0.496 e. The average molecular weight is 342 g/mol. The highest BCUT2D eigenvalue weighted by atomic mass is 32.1. The van der Waals surface area contributed by atoms with Crippen molar-refractivity contribution in [3.05, 3.63) is 64.8 Å². The lowest BCUT2D eigenvalue weighted by atomic mass is 10.1. The Morgan fingerprint density at radius 1 is 1.25 bits per heavy atom. The van der Waals surface area contributed by atoms with E-state index in [0.717, 1.165) is 5.56 Å². The number of halogens is 1. The first-order valence-corrected chi connectivity index (χ1v) is 8.13. The third-order valence-corrected chi connectivity index (χ3v) is 4.30. The van der Waals surface area contributed by atoms with Crippen LogP contribution >= 0.6 is 11.3 Å². The van der Waals surface area contributed by atoms with Crippen LogP contribution in [0.2, 0.25) is 0 Å². The number of anilines is 1. The molecule has 0 fully saturated rings. The minimum atomic E-state index is -0.406. The molecule has 0 spiro atoms. The molecule has 3 rings (SSSR count). The molecule has 1 amide bonds. The predicted octanol–water partition coefficient (Wildman–Crippen LogP) is 4.52. The van der Waals surface area contributed by atoms with Gasteiger partial charge in [-0.1, -0.05) is 18.2 Å². The molecule has 6 heteroatoms. The third kappa shape index (κ3) is 3.28. The molecule has 0 aliphatic carbocycles. The number of hydrogen-bond acceptors (Lipinski definition) is 4. The maximum Gasteiger partial charge on any atom is 0.257 e. The summed E-state index contributed by atoms with van der Waals surface area (Å²) >= 11 is 1.30. The van der Waals surface area contributed by atoms with Crippen LogP contribution < -0.4 is 10.1 Å². The first-order valence-electron chi connectivity index (χ1n) is 7.25. The number of carbonyl (C=O) groups is 1. The molecule has 0 saturated heterocycles. The van der Waals surface area contributed by atoms with E-state index < -0.39 is 11.7 Å². The standard InChI is InChI=1S/C18H15FN2O2S/c1-11-7-8-12(9-14(11)19)17(22)21-18-20-15(10-24-18)13-5-3-4-6-16(13)23-2/h3-10H,1-2H3,(H,20,21,22). The van der Waals surface area contributed by atoms with Gasteiger partial charge in [0.2, 0.25) is 0 Å². The Kier molecular flexibility index (Phi) is 4.57. The number of ether oxygens (including phenoxy) is 1. The fourth-order valence-electron chi connectivity index (χ4n) is 2.21. The molecule has 3 aromatic rings. The summed E-state index contributed by atoms with van der Waals surface area (Å²) in [4.78, 5) is 16.6. The predicted molar refractivity (Wildman–Crippen MR) is 93.2 cm³/mol. The molecule has 4 nitrogen and oxygen atoms in total. The summed E-state index contributed by atoms with van der Waals surface area (Å²) in [6, 6.07) is 11.9. The van der Waals surface area contributed by atoms with E-state index in [1.807, 2.05) is 29.6 Å². The van der Waals surface area contributed by atoms with Crippen LogP contribution in [0.1, 0.15) is 15.9 Å². The van der Waals surface area contributed by atoms with Gasteiger partial charge in [-0.05, 0) is 36.8 Å². The Labute approximate surface area is 142 Å². The van der Waals surface area contributed by atoms with E-state index in [4.69, 9.17) is 4.74 Å². The Morgan fingerprint density at radius 2 is 2.04 bits per heavy atom. The molecule has 0 radical (unpaired) electrons. The van der Waals surface area contributed by atoms with Gasteiger partial charge < -0.3 is 4.74 Å². The largest absolute Gasteiger partial charge is 0.496 e. The minimum absolute atomic E-state index is 0.257. The lowest BCUT2D eigenvalue weighted by Crippen LogP contribution is -2.12. The molecule has 2 aromatic carbocycles. The zero-order valence-electron chi connectivity index (χ0n) is 13.2. The topological polar surface area (TPSA) is 51.2 Å². The maximum absolute atomic E-state index is 13.6. The number of benzene rings is 2. The summed E-state index contributed by atoms with van der Waals surface area (Å²) < 4.78 is 18.9. The van der Waals surface area contributed by atoms with Crippen molar-refractivity contribution in [3.63, 3.8) is 0 Å². The van der Waals surface area contributed by atoms with E-state index in [9.17, 15) is 9.18 Å². The van der Waals surface area contributed by atoms with Crippen LogP contribution in [-0.4, -0.2) is 18.0 Å². The number of carbonyl (C=O) groups excluding carboxylic acids is 1. The van der Waals surface area contributed by atoms with Crippen molar-refractivity contribution < 1.29 is 13.9 Å². The van der Waals surface area contributed by atoms with Crippen LogP contribution in [0.15, 0.2) is 47.8 Å². The quantitative estimate of drug-likeness (QED) is 0.758. The van der Waals surface area contributed by atoms with E-state index in [2.05, 4.69) is 10.3 Å². The summed E-state index contributed by atoms with van der Waals surface area (Å²) in [5.41, 5.74) is 2.31. The lowest BCUT2D eigenvalue weighted by molar-refractivity contribution is 0.102. The van der Waals surface area contributed by atoms with Crippen LogP contribution in [0.25, 0.3) is 11.3 Å². The number of para-hydroxylation sites is 1. The van der Waals surface area contributed by atoms with Gasteiger partial charge in [0.1, 0.15) is 11.6 Å². The third-order valence-electron chi connectivity index (χ3n) is 3.54. The van der Waals surface area contributed by atoms with Crippen LogP contribution in [0.3, 0.4) is 0 Å². The zero-order valence-corrected chi connectivity index (χ0v) is 14.0. The second-order valence-corrected chi connectivity index (χ2v) is 6.01. The fraction of sp³-hybridized carbons (Fsp3) is 0.111. The number of amides is 1. The molecule has 0 unspecified atom stereocenters. The van der Waals surface area contributed by atoms with Crippen LogP contribution in [0.4, 0.5) is 9.52 Å². The summed E-state index contributed by atoms with van der Waals surface area (Å²) in [6.45, 7) is 1.65. The highest BCUT2D eigenvalue weighted by Crippen LogP contribution is 2.32. The van der Waals surface area contributed by atoms with Crippen molar-refractivity contribution in [3.8, 4) is 17.0 Å². The smallest absolute Gasteiger partial charge is 0.257 e. The van der Waals surface area contributed by atoms with E-state index in [0.29, 0.717) is 22.1 Å². The summed E-state index contributed by atoms with van der Waals surface area (Å²) in [5, 5.41) is 4.98. The van der Waals surface area contributed by atoms with Gasteiger partial charge in [-0.25, -0.2) is 9.37 Å². The van der Waals surface area contributed by atoms with Gasteiger partial charge in [0, 0.05) is 16.5 Å². The molecule has 1 heterocycles. The van der Waals surface area contributed by atoms with E-state index >= 15 is 0 Å². The summed E-state index contributed by atoms with van der Waals surface area (Å²) in [7, 11) is 1.60. The monoisotopic (exact) mass is 342 g/mol. The van der Waals surface area contributed by atoms with Gasteiger partial charge in [-0.2, -0.15) is 0 Å². The number of methoxy groups -OCH3 is 1. The van der Waals surface area contributed by atoms with Crippen molar-refractivity contribution in [2.45, 2.75) is 6.92 Å². The SMILES string of the molecule is COc1ccccc1-c1csc(NC(=O)c2ccc(C)c(F)c2)n1. The molecule has 0 saturated carbocycles. The Balaban J connectivity index is 1.81. The van der Waals surface area contributed by atoms with Gasteiger partial charge >= 0.3 is 0 Å². The summed E-state index contributed by atoms with van der Waals surface area (Å²) in [6.07, 6.45) is 0. The Morgan fingerprint density at radius 3 is 2.79 bits per heavy atom. The Hall–Kier alpha value is -2.73. The van der Waals surface area contributed by atoms with Crippen molar-refractivity contribution in [2.24, 2.45) is 0 Å². The molecule has 122 valence electrons. The average Bonchev–Trinajstić information content (AvgIpc) is 3.05. The highest BCUT2D eigenvalue weighted by molar-refractivity contribution is 7.14. The molecule has 0 atom stereocenters. The summed E-state index contributed by atoms with van der Waals surface area (Å²) in [5.74, 6) is -0.0902. The zero-order chi connectivity index (χ0) is 17.1. The Bertz CT molecular complexity index is 892. The van der Waals surface area contributed by atoms with E-state index in [-0.39, 0.29) is 5.56 Å². The molecule has 1 N–H and O–H groups in total. The van der Waals surface area contributed by atoms with Crippen LogP contribution in [0, 0.1) is 12.7 Å². The normalized spacial score (nSPS) is 10.5. The van der Waals surface area contributed by atoms with Gasteiger partial charge in [0.05, 0.1) is 12.8 Å². The van der Waals surface area contributed by atoms with Crippen molar-refractivity contribution in [2.75, 3.05) is 12.4 Å². The lowest BCUT2D eigenvalue weighted by Gasteiger charge is -2.05. The number of nitrogens with one attached hydrogen (secondary N) is 1. The van der Waals surface area contributed by atoms with Gasteiger partial charge in [0.25, 0.3) is 5.91 Å². The second kappa shape index (κ2) is 6.80. The van der Waals surface area contributed by atoms with E-state index in [1.54, 1.807) is 26.2 Å². The van der Waals surface area contributed by atoms with Crippen molar-refractivity contribution in [1.82, 2.24) is 4.98 Å². The number of aryl methyl sites for hydroxylation is 1. The molecule has 0 aliphatic rings. The van der Waals surface area contributed by atoms with Crippen molar-refractivity contribution >= 4 is 22.4 Å². The molecule has 1 aromatic heterocycles. The molecule has 0 aliphatic heterocycles. The first kappa shape index (κ1) is 16.1. The molecular weight excluding hydrogens is 327 g/mol. The number of nitrogens with zero attached hydrogens (tertiary/aromatic N) is 1. The highest BCUT2D eigenvalue weighted by Gasteiger charge is 2.13. The molecular formula is C18H15FN2O2S. The number of thiazole rings is 1. The molecule has 0 bridgehead atoms. The van der Waals surface area contributed by atoms with Gasteiger partial charge in [-0.15, -0.1) is 11.3 Å². The van der Waals surface area contributed by atoms with Gasteiger partial charge in [-0.3, -0.25) is 10.1 Å². The first-order chi connectivity index (χ1) is 11.6. The number of aromatic nitrogens is 1. The number of rotatable bonds is 4. The van der Waals surface area contributed by atoms with Gasteiger partial charge in [0.15, 0.2) is 5.13 Å². The fourth-order valence-corrected chi connectivity index (χ4v) is 2.92. The van der Waals surface area contributed by atoms with Crippen molar-refractivity contribution in [1.29, 1.82) is 0 Å². The second-order valence-electron chi connectivity index (χ2n) is 5.16. The molecule has 24 heavy (non-hydrogen) atoms. The maximum atomic E-state index is 13.6.